The Hall–Kier alpha value is -0.610. The Morgan fingerprint density at radius 3 is 2.80 bits per heavy atom. The van der Waals surface area contributed by atoms with Gasteiger partial charge in [-0.25, -0.2) is 0 Å². The van der Waals surface area contributed by atoms with Crippen LogP contribution >= 0.6 is 0 Å². The largest absolute Gasteiger partial charge is 0.396 e. The van der Waals surface area contributed by atoms with Gasteiger partial charge in [0.15, 0.2) is 0 Å². The Bertz CT molecular complexity index is 208. The van der Waals surface area contributed by atoms with Crippen LogP contribution in [0.15, 0.2) is 0 Å². The molecule has 88 valence electrons. The highest BCUT2D eigenvalue weighted by Gasteiger charge is 2.27. The molecule has 4 heteroatoms. The van der Waals surface area contributed by atoms with Gasteiger partial charge < -0.3 is 15.2 Å². The molecule has 0 spiro atoms. The maximum absolute atomic E-state index is 11.4. The van der Waals surface area contributed by atoms with Crippen molar-refractivity contribution in [1.29, 1.82) is 0 Å². The van der Waals surface area contributed by atoms with Crippen molar-refractivity contribution in [3.05, 3.63) is 0 Å². The summed E-state index contributed by atoms with van der Waals surface area (Å²) in [6.45, 7) is 2.63. The second-order valence-corrected chi connectivity index (χ2v) is 4.26. The zero-order valence-electron chi connectivity index (χ0n) is 9.53. The van der Waals surface area contributed by atoms with Gasteiger partial charge in [0.25, 0.3) is 0 Å². The van der Waals surface area contributed by atoms with E-state index in [1.165, 1.54) is 7.11 Å². The van der Waals surface area contributed by atoms with E-state index in [0.29, 0.717) is 18.4 Å². The summed E-state index contributed by atoms with van der Waals surface area (Å²) in [4.78, 5) is 11.4. The lowest BCUT2D eigenvalue weighted by Crippen LogP contribution is -2.38. The van der Waals surface area contributed by atoms with E-state index >= 15 is 0 Å². The topological polar surface area (TPSA) is 58.6 Å². The molecule has 1 aliphatic carbocycles. The highest BCUT2D eigenvalue weighted by atomic mass is 16.5. The molecule has 1 aliphatic rings. The van der Waals surface area contributed by atoms with Crippen LogP contribution in [0.1, 0.15) is 26.2 Å². The van der Waals surface area contributed by atoms with Crippen LogP contribution in [0.5, 0.6) is 0 Å². The molecule has 0 bridgehead atoms. The molecule has 3 unspecified atom stereocenters. The van der Waals surface area contributed by atoms with Gasteiger partial charge in [0, 0.05) is 20.3 Å². The minimum absolute atomic E-state index is 0.0684. The Balaban J connectivity index is 2.27. The van der Waals surface area contributed by atoms with E-state index in [-0.39, 0.29) is 18.6 Å². The first-order chi connectivity index (χ1) is 7.19. The molecule has 4 nitrogen and oxygen atoms in total. The average molecular weight is 215 g/mol. The van der Waals surface area contributed by atoms with E-state index < -0.39 is 0 Å². The molecule has 0 aliphatic heterocycles. The Morgan fingerprint density at radius 1 is 1.53 bits per heavy atom. The summed E-state index contributed by atoms with van der Waals surface area (Å²) in [5, 5.41) is 12.0. The number of aliphatic hydroxyl groups is 1. The molecule has 0 aromatic carbocycles. The van der Waals surface area contributed by atoms with Crippen molar-refractivity contribution in [3.8, 4) is 0 Å². The average Bonchev–Trinajstić information content (AvgIpc) is 2.71. The molecule has 0 radical (unpaired) electrons. The van der Waals surface area contributed by atoms with Crippen molar-refractivity contribution in [3.63, 3.8) is 0 Å². The molecule has 1 amide bonds. The summed E-state index contributed by atoms with van der Waals surface area (Å²) in [5.74, 6) is 0.729. The highest BCUT2D eigenvalue weighted by Crippen LogP contribution is 2.30. The summed E-state index contributed by atoms with van der Waals surface area (Å²) < 4.78 is 4.92. The lowest BCUT2D eigenvalue weighted by molar-refractivity contribution is -0.130. The molecule has 1 rings (SSSR count). The van der Waals surface area contributed by atoms with Gasteiger partial charge >= 0.3 is 0 Å². The van der Waals surface area contributed by atoms with Gasteiger partial charge in [0.2, 0.25) is 5.91 Å². The number of hydrogen-bond donors (Lipinski definition) is 2. The Kier molecular flexibility index (Phi) is 5.05. The number of ether oxygens (including phenoxy) is 1. The number of nitrogens with one attached hydrogen (secondary N) is 1. The molecule has 0 heterocycles. The van der Waals surface area contributed by atoms with Crippen LogP contribution in [-0.2, 0) is 9.53 Å². The van der Waals surface area contributed by atoms with E-state index in [2.05, 4.69) is 5.32 Å². The monoisotopic (exact) mass is 215 g/mol. The van der Waals surface area contributed by atoms with E-state index in [1.807, 2.05) is 0 Å². The third-order valence-corrected chi connectivity index (χ3v) is 3.31. The fourth-order valence-corrected chi connectivity index (χ4v) is 2.11. The first-order valence-corrected chi connectivity index (χ1v) is 5.60. The predicted octanol–water partition coefficient (Wildman–Crippen LogP) is 0.546. The quantitative estimate of drug-likeness (QED) is 0.704. The Labute approximate surface area is 91.0 Å². The number of carbonyl (C=O) groups is 1. The van der Waals surface area contributed by atoms with Gasteiger partial charge in [-0.1, -0.05) is 6.42 Å². The molecule has 0 saturated heterocycles. The van der Waals surface area contributed by atoms with Crippen molar-refractivity contribution in [2.45, 2.75) is 32.3 Å². The van der Waals surface area contributed by atoms with E-state index in [4.69, 9.17) is 9.84 Å². The second kappa shape index (κ2) is 6.08. The van der Waals surface area contributed by atoms with Crippen LogP contribution in [-0.4, -0.2) is 37.4 Å². The minimum atomic E-state index is -0.390. The zero-order chi connectivity index (χ0) is 11.3. The number of methoxy groups -OCH3 is 1. The molecule has 15 heavy (non-hydrogen) atoms. The van der Waals surface area contributed by atoms with Crippen molar-refractivity contribution in [2.75, 3.05) is 20.3 Å². The molecule has 2 N–H and O–H groups in total. The number of aliphatic hydroxyl groups excluding tert-OH is 1. The third-order valence-electron chi connectivity index (χ3n) is 3.31. The smallest absolute Gasteiger partial charge is 0.248 e. The number of amides is 1. The first-order valence-electron chi connectivity index (χ1n) is 5.60. The SMILES string of the molecule is COC(C)C(=O)NCC1CCCC1CO. The molecule has 1 saturated carbocycles. The zero-order valence-corrected chi connectivity index (χ0v) is 9.53. The van der Waals surface area contributed by atoms with E-state index in [1.54, 1.807) is 6.92 Å². The summed E-state index contributed by atoms with van der Waals surface area (Å²) >= 11 is 0. The maximum atomic E-state index is 11.4. The highest BCUT2D eigenvalue weighted by molar-refractivity contribution is 5.80. The molecule has 1 fully saturated rings. The summed E-state index contributed by atoms with van der Waals surface area (Å²) in [6, 6.07) is 0. The number of carbonyl (C=O) groups excluding carboxylic acids is 1. The van der Waals surface area contributed by atoms with Crippen LogP contribution in [0.4, 0.5) is 0 Å². The fraction of sp³-hybridized carbons (Fsp3) is 0.909. The van der Waals surface area contributed by atoms with Crippen LogP contribution in [0.3, 0.4) is 0 Å². The standard InChI is InChI=1S/C11H21NO3/c1-8(15-2)11(14)12-6-9-4-3-5-10(9)7-13/h8-10,13H,3-7H2,1-2H3,(H,12,14). The summed E-state index contributed by atoms with van der Waals surface area (Å²) in [5.41, 5.74) is 0. The molecular weight excluding hydrogens is 194 g/mol. The molecule has 0 aromatic rings. The Morgan fingerprint density at radius 2 is 2.20 bits per heavy atom. The third kappa shape index (κ3) is 3.47. The van der Waals surface area contributed by atoms with Gasteiger partial charge in [-0.15, -0.1) is 0 Å². The molecule has 0 aromatic heterocycles. The van der Waals surface area contributed by atoms with Crippen LogP contribution in [0.25, 0.3) is 0 Å². The molecule has 3 atom stereocenters. The summed E-state index contributed by atoms with van der Waals surface area (Å²) in [7, 11) is 1.52. The number of hydrogen-bond acceptors (Lipinski definition) is 3. The number of rotatable bonds is 5. The van der Waals surface area contributed by atoms with Gasteiger partial charge in [0.1, 0.15) is 6.10 Å². The lowest BCUT2D eigenvalue weighted by atomic mass is 9.97. The van der Waals surface area contributed by atoms with Crippen LogP contribution in [0, 0.1) is 11.8 Å². The van der Waals surface area contributed by atoms with Gasteiger partial charge in [-0.2, -0.15) is 0 Å². The van der Waals surface area contributed by atoms with Crippen LogP contribution < -0.4 is 5.32 Å². The summed E-state index contributed by atoms with van der Waals surface area (Å²) in [6.07, 6.45) is 2.95. The fourth-order valence-electron chi connectivity index (χ4n) is 2.11. The van der Waals surface area contributed by atoms with Crippen molar-refractivity contribution in [2.24, 2.45) is 11.8 Å². The normalized spacial score (nSPS) is 27.7. The lowest BCUT2D eigenvalue weighted by Gasteiger charge is -2.19. The first kappa shape index (κ1) is 12.5. The van der Waals surface area contributed by atoms with E-state index in [9.17, 15) is 4.79 Å². The van der Waals surface area contributed by atoms with Gasteiger partial charge in [-0.3, -0.25) is 4.79 Å². The van der Waals surface area contributed by atoms with Crippen molar-refractivity contribution < 1.29 is 14.6 Å². The van der Waals surface area contributed by atoms with E-state index in [0.717, 1.165) is 19.3 Å². The maximum Gasteiger partial charge on any atom is 0.248 e. The van der Waals surface area contributed by atoms with Crippen LogP contribution in [0.2, 0.25) is 0 Å². The predicted molar refractivity (Wildman–Crippen MR) is 57.4 cm³/mol. The van der Waals surface area contributed by atoms with Crippen molar-refractivity contribution >= 4 is 5.91 Å². The molecular formula is C11H21NO3. The second-order valence-electron chi connectivity index (χ2n) is 4.26. The van der Waals surface area contributed by atoms with Gasteiger partial charge in [-0.05, 0) is 31.6 Å². The minimum Gasteiger partial charge on any atom is -0.396 e. The van der Waals surface area contributed by atoms with Crippen molar-refractivity contribution in [1.82, 2.24) is 5.32 Å². The van der Waals surface area contributed by atoms with Gasteiger partial charge in [0.05, 0.1) is 0 Å².